The smallest absolute Gasteiger partial charge is 0.416 e. The highest BCUT2D eigenvalue weighted by molar-refractivity contribution is 5.85. The molecule has 0 aliphatic rings. The first kappa shape index (κ1) is 40.6. The van der Waals surface area contributed by atoms with Crippen molar-refractivity contribution >= 4 is 11.8 Å². The zero-order valence-electron chi connectivity index (χ0n) is 30.5. The highest BCUT2D eigenvalue weighted by atomic mass is 19.4. The lowest BCUT2D eigenvalue weighted by Gasteiger charge is -2.26. The Hall–Kier alpha value is -3.86. The van der Waals surface area contributed by atoms with Crippen LogP contribution in [0.2, 0.25) is 0 Å². The molecule has 3 rings (SSSR count). The predicted molar refractivity (Wildman–Crippen MR) is 185 cm³/mol. The molecule has 0 fully saturated rings. The van der Waals surface area contributed by atoms with Gasteiger partial charge in [0.15, 0.2) is 5.78 Å². The van der Waals surface area contributed by atoms with Crippen LogP contribution in [0.3, 0.4) is 0 Å². The molecule has 0 aliphatic heterocycles. The lowest BCUT2D eigenvalue weighted by molar-refractivity contribution is -0.143. The van der Waals surface area contributed by atoms with Gasteiger partial charge in [-0.2, -0.15) is 13.2 Å². The molecule has 0 saturated carbocycles. The molecule has 3 aromatic rings. The van der Waals surface area contributed by atoms with E-state index in [0.717, 1.165) is 36.2 Å². The maximum Gasteiger partial charge on any atom is 0.416 e. The van der Waals surface area contributed by atoms with Gasteiger partial charge in [0.25, 0.3) is 5.56 Å². The van der Waals surface area contributed by atoms with Gasteiger partial charge in [0.2, 0.25) is 0 Å². The van der Waals surface area contributed by atoms with Crippen LogP contribution in [-0.4, -0.2) is 48.5 Å². The number of ketones is 1. The van der Waals surface area contributed by atoms with Crippen LogP contribution >= 0.6 is 0 Å². The molecule has 0 bridgehead atoms. The van der Waals surface area contributed by atoms with Crippen molar-refractivity contribution < 1.29 is 36.3 Å². The number of hydrogen-bond donors (Lipinski definition) is 0. The Morgan fingerprint density at radius 2 is 1.60 bits per heavy atom. The summed E-state index contributed by atoms with van der Waals surface area (Å²) in [6.45, 7) is 12.1. The van der Waals surface area contributed by atoms with E-state index < -0.39 is 71.1 Å². The molecule has 11 heteroatoms. The van der Waals surface area contributed by atoms with Crippen molar-refractivity contribution in [2.45, 2.75) is 98.7 Å². The molecule has 0 aliphatic carbocycles. The molecule has 0 spiro atoms. The van der Waals surface area contributed by atoms with E-state index in [0.29, 0.717) is 12.0 Å². The van der Waals surface area contributed by atoms with Gasteiger partial charge < -0.3 is 14.2 Å². The summed E-state index contributed by atoms with van der Waals surface area (Å²) in [7, 11) is 3.92. The van der Waals surface area contributed by atoms with E-state index in [2.05, 4.69) is 0 Å². The Morgan fingerprint density at radius 1 is 0.940 bits per heavy atom. The fraction of sp³-hybridized carbons (Fsp3) is 0.513. The Labute approximate surface area is 291 Å². The van der Waals surface area contributed by atoms with Gasteiger partial charge in [-0.15, -0.1) is 0 Å². The van der Waals surface area contributed by atoms with E-state index >= 15 is 8.78 Å². The zero-order chi connectivity index (χ0) is 37.7. The van der Waals surface area contributed by atoms with E-state index in [9.17, 15) is 27.6 Å². The Morgan fingerprint density at radius 3 is 2.18 bits per heavy atom. The van der Waals surface area contributed by atoms with Gasteiger partial charge in [-0.1, -0.05) is 19.9 Å². The predicted octanol–water partition coefficient (Wildman–Crippen LogP) is 8.82. The van der Waals surface area contributed by atoms with Crippen LogP contribution in [-0.2, 0) is 26.9 Å². The summed E-state index contributed by atoms with van der Waals surface area (Å²) in [5.41, 5.74) is -0.533. The monoisotopic (exact) mass is 704 g/mol. The minimum Gasteiger partial charge on any atom is -0.466 e. The third-order valence-corrected chi connectivity index (χ3v) is 9.09. The molecule has 2 atom stereocenters. The van der Waals surface area contributed by atoms with Crippen LogP contribution < -0.4 is 5.56 Å². The number of hydrogen-bond acceptors (Lipinski definition) is 5. The van der Waals surface area contributed by atoms with E-state index in [1.54, 1.807) is 13.1 Å². The van der Waals surface area contributed by atoms with Gasteiger partial charge in [-0.3, -0.25) is 14.4 Å². The number of aromatic nitrogens is 1. The summed E-state index contributed by atoms with van der Waals surface area (Å²) in [4.78, 5) is 42.6. The molecule has 2 aromatic carbocycles. The van der Waals surface area contributed by atoms with Crippen LogP contribution in [0, 0.1) is 45.2 Å². The second kappa shape index (κ2) is 16.9. The summed E-state index contributed by atoms with van der Waals surface area (Å²) in [5, 5.41) is 0. The van der Waals surface area contributed by atoms with Crippen LogP contribution in [0.25, 0.3) is 11.1 Å². The van der Waals surface area contributed by atoms with Gasteiger partial charge in [0.05, 0.1) is 24.6 Å². The first-order chi connectivity index (χ1) is 23.3. The van der Waals surface area contributed by atoms with E-state index in [-0.39, 0.29) is 41.2 Å². The van der Waals surface area contributed by atoms with E-state index in [4.69, 9.17) is 4.74 Å². The molecule has 274 valence electrons. The summed E-state index contributed by atoms with van der Waals surface area (Å²) in [6.07, 6.45) is -2.40. The number of pyridine rings is 1. The number of nitrogens with zero attached hydrogens (tertiary/aromatic N) is 2. The fourth-order valence-electron chi connectivity index (χ4n) is 6.61. The molecule has 1 heterocycles. The van der Waals surface area contributed by atoms with Crippen LogP contribution in [0.1, 0.15) is 97.4 Å². The summed E-state index contributed by atoms with van der Waals surface area (Å²) >= 11 is 0. The van der Waals surface area contributed by atoms with Crippen molar-refractivity contribution in [1.29, 1.82) is 0 Å². The molecule has 0 radical (unpaired) electrons. The number of halogens is 5. The topological polar surface area (TPSA) is 68.6 Å². The van der Waals surface area contributed by atoms with Gasteiger partial charge in [0, 0.05) is 35.7 Å². The Bertz CT molecular complexity index is 1760. The van der Waals surface area contributed by atoms with Crippen molar-refractivity contribution in [2.24, 2.45) is 5.92 Å². The fourth-order valence-corrected chi connectivity index (χ4v) is 6.61. The van der Waals surface area contributed by atoms with Crippen molar-refractivity contribution in [1.82, 2.24) is 9.47 Å². The average Bonchev–Trinajstić information content (AvgIpc) is 2.99. The number of rotatable bonds is 15. The first-order valence-corrected chi connectivity index (χ1v) is 17.0. The number of carbonyl (C=O) groups is 2. The Balaban J connectivity index is 2.21. The lowest BCUT2D eigenvalue weighted by atomic mass is 9.82. The molecule has 1 unspecified atom stereocenters. The summed E-state index contributed by atoms with van der Waals surface area (Å²) in [6, 6.07) is 3.78. The first-order valence-electron chi connectivity index (χ1n) is 17.0. The zero-order valence-corrected chi connectivity index (χ0v) is 30.5. The van der Waals surface area contributed by atoms with Gasteiger partial charge in [-0.25, -0.2) is 8.78 Å². The minimum atomic E-state index is -4.72. The molecule has 0 amide bonds. The number of carbonyl (C=O) groups excluding carboxylic acids is 2. The van der Waals surface area contributed by atoms with Gasteiger partial charge in [0.1, 0.15) is 11.6 Å². The number of Topliss-reactive ketones (excluding diaryl/α,β-unsaturated/α-hetero) is 1. The van der Waals surface area contributed by atoms with E-state index in [1.165, 1.54) is 37.5 Å². The number of ether oxygens (including phenoxy) is 1. The molecule has 0 saturated heterocycles. The number of aryl methyl sites for hydroxylation is 4. The highest BCUT2D eigenvalue weighted by Gasteiger charge is 2.36. The summed E-state index contributed by atoms with van der Waals surface area (Å²) in [5.74, 6) is -4.89. The normalized spacial score (nSPS) is 13.2. The molecular weight excluding hydrogens is 655 g/mol. The minimum absolute atomic E-state index is 0.0164. The number of esters is 1. The molecular formula is C39H49F5N2O4. The molecule has 1 aromatic heterocycles. The summed E-state index contributed by atoms with van der Waals surface area (Å²) < 4.78 is 81.0. The number of alkyl halides is 3. The Kier molecular flexibility index (Phi) is 13.7. The third-order valence-electron chi connectivity index (χ3n) is 9.09. The van der Waals surface area contributed by atoms with Gasteiger partial charge >= 0.3 is 12.1 Å². The third kappa shape index (κ3) is 9.68. The lowest BCUT2D eigenvalue weighted by Crippen LogP contribution is -2.32. The standard InChI is InChI=1S/C39H49F5N2O4/c1-10-50-34(49)20-28(19-32(47)31(16-22(2)3)46-21-27(12-11-15-45(8)9)24(5)18-33(46)48)36-37(40)25(6)17-29(38(36)41)35-23(4)13-14-30(26(35)7)39(42,43)44/h13-14,17-18,21-22,28,31H,10-12,15-16,19-20H2,1-9H3/t28-,31?/m0/s1. The van der Waals surface area contributed by atoms with E-state index in [1.807, 2.05) is 39.8 Å². The van der Waals surface area contributed by atoms with Crippen LogP contribution in [0.15, 0.2) is 35.3 Å². The SMILES string of the molecule is CCOC(=O)C[C@H](CC(=O)C(CC(C)C)n1cc(CCCN(C)C)c(C)cc1=O)c1c(F)c(C)cc(-c2c(C)ccc(C(F)(F)F)c2C)c1F. The van der Waals surface area contributed by atoms with Crippen LogP contribution in [0.4, 0.5) is 22.0 Å². The number of benzene rings is 2. The average molecular weight is 705 g/mol. The van der Waals surface area contributed by atoms with Crippen molar-refractivity contribution in [3.63, 3.8) is 0 Å². The van der Waals surface area contributed by atoms with Crippen LogP contribution in [0.5, 0.6) is 0 Å². The van der Waals surface area contributed by atoms with Crippen molar-refractivity contribution in [3.8, 4) is 11.1 Å². The van der Waals surface area contributed by atoms with Crippen molar-refractivity contribution in [2.75, 3.05) is 27.2 Å². The highest BCUT2D eigenvalue weighted by Crippen LogP contribution is 2.42. The van der Waals surface area contributed by atoms with Gasteiger partial charge in [-0.05, 0) is 126 Å². The molecule has 50 heavy (non-hydrogen) atoms. The molecule has 6 nitrogen and oxygen atoms in total. The quantitative estimate of drug-likeness (QED) is 0.117. The largest absolute Gasteiger partial charge is 0.466 e. The van der Waals surface area contributed by atoms with Crippen molar-refractivity contribution in [3.05, 3.63) is 91.4 Å². The maximum atomic E-state index is 16.8. The maximum absolute atomic E-state index is 16.8. The second-order valence-electron chi connectivity index (χ2n) is 13.9. The molecule has 0 N–H and O–H groups in total. The second-order valence-corrected chi connectivity index (χ2v) is 13.9.